The molecule has 0 unspecified atom stereocenters. The van der Waals surface area contributed by atoms with Crippen LogP contribution in [0.2, 0.25) is 0 Å². The first-order valence-electron chi connectivity index (χ1n) is 10.1. The quantitative estimate of drug-likeness (QED) is 0.317. The molecule has 3 aromatic rings. The number of hydrogen-bond donors (Lipinski definition) is 2. The maximum Gasteiger partial charge on any atom is 0.240 e. The lowest BCUT2D eigenvalue weighted by atomic mass is 10.1. The standard InChI is InChI=1S/C25H24BrN3O3/c1-18-5-4-6-19(15-18)17-32-23-8-3-2-7-20(23)16-27-29-25(31)14-13-24(30)28-22-11-9-21(26)10-12-22/h2-12,15-16H,13-14,17H2,1H3,(H,28,30)(H,29,31)/b27-16+. The number of carbonyl (C=O) groups is 2. The molecule has 0 saturated heterocycles. The summed E-state index contributed by atoms with van der Waals surface area (Å²) in [6.07, 6.45) is 1.63. The summed E-state index contributed by atoms with van der Waals surface area (Å²) in [5.74, 6) is 0.0904. The van der Waals surface area contributed by atoms with Gasteiger partial charge >= 0.3 is 0 Å². The molecule has 0 aromatic heterocycles. The third-order valence-electron chi connectivity index (χ3n) is 4.50. The summed E-state index contributed by atoms with van der Waals surface area (Å²) >= 11 is 3.34. The molecule has 0 bridgehead atoms. The summed E-state index contributed by atoms with van der Waals surface area (Å²) in [5.41, 5.74) is 6.13. The Hall–Kier alpha value is -3.45. The Morgan fingerprint density at radius 1 is 0.969 bits per heavy atom. The van der Waals surface area contributed by atoms with Gasteiger partial charge in [-0.2, -0.15) is 5.10 Å². The zero-order chi connectivity index (χ0) is 22.8. The second-order valence-electron chi connectivity index (χ2n) is 7.16. The van der Waals surface area contributed by atoms with Gasteiger partial charge in [-0.25, -0.2) is 5.43 Å². The number of amides is 2. The first kappa shape index (κ1) is 23.2. The van der Waals surface area contributed by atoms with Crippen molar-refractivity contribution in [2.75, 3.05) is 5.32 Å². The molecule has 3 aromatic carbocycles. The monoisotopic (exact) mass is 493 g/mol. The lowest BCUT2D eigenvalue weighted by Crippen LogP contribution is -2.20. The van der Waals surface area contributed by atoms with Gasteiger partial charge in [-0.1, -0.05) is 57.9 Å². The highest BCUT2D eigenvalue weighted by molar-refractivity contribution is 9.10. The van der Waals surface area contributed by atoms with E-state index in [4.69, 9.17) is 4.74 Å². The lowest BCUT2D eigenvalue weighted by molar-refractivity contribution is -0.124. The highest BCUT2D eigenvalue weighted by Gasteiger charge is 2.07. The molecule has 6 nitrogen and oxygen atoms in total. The minimum Gasteiger partial charge on any atom is -0.488 e. The largest absolute Gasteiger partial charge is 0.488 e. The topological polar surface area (TPSA) is 79.8 Å². The van der Waals surface area contributed by atoms with Crippen molar-refractivity contribution in [2.45, 2.75) is 26.4 Å². The van der Waals surface area contributed by atoms with Crippen molar-refractivity contribution in [1.82, 2.24) is 5.43 Å². The number of rotatable bonds is 9. The fraction of sp³-hybridized carbons (Fsp3) is 0.160. The number of halogens is 1. The van der Waals surface area contributed by atoms with Gasteiger partial charge in [-0.15, -0.1) is 0 Å². The van der Waals surface area contributed by atoms with Crippen LogP contribution in [0, 0.1) is 6.92 Å². The number of aryl methyl sites for hydroxylation is 1. The third-order valence-corrected chi connectivity index (χ3v) is 5.02. The van der Waals surface area contributed by atoms with Gasteiger partial charge in [0.15, 0.2) is 0 Å². The molecule has 32 heavy (non-hydrogen) atoms. The summed E-state index contributed by atoms with van der Waals surface area (Å²) in [6.45, 7) is 2.48. The van der Waals surface area contributed by atoms with Crippen LogP contribution in [0.15, 0.2) is 82.4 Å². The van der Waals surface area contributed by atoms with E-state index in [0.29, 0.717) is 18.0 Å². The van der Waals surface area contributed by atoms with Crippen LogP contribution in [0.1, 0.15) is 29.5 Å². The average molecular weight is 494 g/mol. The second-order valence-corrected chi connectivity index (χ2v) is 8.08. The van der Waals surface area contributed by atoms with Gasteiger partial charge in [-0.05, 0) is 48.9 Å². The Kier molecular flexibility index (Phi) is 8.57. The molecule has 0 aliphatic rings. The number of benzene rings is 3. The van der Waals surface area contributed by atoms with E-state index < -0.39 is 0 Å². The van der Waals surface area contributed by atoms with Gasteiger partial charge in [0.05, 0.1) is 6.21 Å². The number of carbonyl (C=O) groups excluding carboxylic acids is 2. The van der Waals surface area contributed by atoms with Crippen molar-refractivity contribution >= 4 is 39.6 Å². The fourth-order valence-corrected chi connectivity index (χ4v) is 3.16. The van der Waals surface area contributed by atoms with Crippen LogP contribution in [-0.2, 0) is 16.2 Å². The van der Waals surface area contributed by atoms with E-state index in [1.54, 1.807) is 12.1 Å². The molecule has 0 fully saturated rings. The number of para-hydroxylation sites is 1. The van der Waals surface area contributed by atoms with Gasteiger partial charge < -0.3 is 10.1 Å². The predicted molar refractivity (Wildman–Crippen MR) is 130 cm³/mol. The van der Waals surface area contributed by atoms with E-state index in [1.807, 2.05) is 61.5 Å². The molecule has 0 aliphatic heterocycles. The molecule has 0 heterocycles. The SMILES string of the molecule is Cc1cccc(COc2ccccc2/C=N/NC(=O)CCC(=O)Nc2ccc(Br)cc2)c1. The maximum atomic E-state index is 12.0. The summed E-state index contributed by atoms with van der Waals surface area (Å²) < 4.78 is 6.84. The van der Waals surface area contributed by atoms with Crippen molar-refractivity contribution in [2.24, 2.45) is 5.10 Å². The fourth-order valence-electron chi connectivity index (χ4n) is 2.90. The Bertz CT molecular complexity index is 1100. The van der Waals surface area contributed by atoms with E-state index >= 15 is 0 Å². The third kappa shape index (κ3) is 7.67. The Balaban J connectivity index is 1.46. The van der Waals surface area contributed by atoms with E-state index in [1.165, 1.54) is 11.8 Å². The average Bonchev–Trinajstić information content (AvgIpc) is 2.79. The smallest absolute Gasteiger partial charge is 0.240 e. The van der Waals surface area contributed by atoms with E-state index in [2.05, 4.69) is 37.8 Å². The van der Waals surface area contributed by atoms with E-state index in [9.17, 15) is 9.59 Å². The van der Waals surface area contributed by atoms with Crippen LogP contribution in [0.4, 0.5) is 5.69 Å². The zero-order valence-electron chi connectivity index (χ0n) is 17.7. The Labute approximate surface area is 195 Å². The number of hydrazone groups is 1. The van der Waals surface area contributed by atoms with Crippen LogP contribution in [0.3, 0.4) is 0 Å². The van der Waals surface area contributed by atoms with Crippen molar-refractivity contribution in [1.29, 1.82) is 0 Å². The molecule has 2 N–H and O–H groups in total. The summed E-state index contributed by atoms with van der Waals surface area (Å²) in [6, 6.07) is 22.8. The molecule has 0 radical (unpaired) electrons. The molecular weight excluding hydrogens is 470 g/mol. The Morgan fingerprint density at radius 3 is 2.50 bits per heavy atom. The second kappa shape index (κ2) is 11.8. The number of nitrogens with zero attached hydrogens (tertiary/aromatic N) is 1. The molecule has 0 spiro atoms. The highest BCUT2D eigenvalue weighted by Crippen LogP contribution is 2.18. The molecule has 0 atom stereocenters. The van der Waals surface area contributed by atoms with Crippen LogP contribution in [0.5, 0.6) is 5.75 Å². The molecule has 7 heteroatoms. The lowest BCUT2D eigenvalue weighted by Gasteiger charge is -2.09. The van der Waals surface area contributed by atoms with Crippen molar-refractivity contribution < 1.29 is 14.3 Å². The van der Waals surface area contributed by atoms with Crippen LogP contribution < -0.4 is 15.5 Å². The number of hydrogen-bond acceptors (Lipinski definition) is 4. The molecule has 2 amide bonds. The minimum atomic E-state index is -0.342. The first-order valence-corrected chi connectivity index (χ1v) is 10.9. The maximum absolute atomic E-state index is 12.0. The summed E-state index contributed by atoms with van der Waals surface area (Å²) in [4.78, 5) is 24.0. The van der Waals surface area contributed by atoms with Crippen LogP contribution in [0.25, 0.3) is 0 Å². The first-order chi connectivity index (χ1) is 15.5. The van der Waals surface area contributed by atoms with Crippen molar-refractivity contribution in [3.05, 3.63) is 94.0 Å². The van der Waals surface area contributed by atoms with Gasteiger partial charge in [-0.3, -0.25) is 9.59 Å². The predicted octanol–water partition coefficient (Wildman–Crippen LogP) is 5.21. The molecule has 3 rings (SSSR count). The number of anilines is 1. The van der Waals surface area contributed by atoms with Crippen molar-refractivity contribution in [3.8, 4) is 5.75 Å². The summed E-state index contributed by atoms with van der Waals surface area (Å²) in [5, 5.41) is 6.75. The Morgan fingerprint density at radius 2 is 1.72 bits per heavy atom. The zero-order valence-corrected chi connectivity index (χ0v) is 19.3. The van der Waals surface area contributed by atoms with Gasteiger partial charge in [0.2, 0.25) is 11.8 Å². The van der Waals surface area contributed by atoms with Gasteiger partial charge in [0.25, 0.3) is 0 Å². The van der Waals surface area contributed by atoms with Crippen molar-refractivity contribution in [3.63, 3.8) is 0 Å². The van der Waals surface area contributed by atoms with Crippen LogP contribution >= 0.6 is 15.9 Å². The van der Waals surface area contributed by atoms with E-state index in [0.717, 1.165) is 15.6 Å². The molecular formula is C25H24BrN3O3. The highest BCUT2D eigenvalue weighted by atomic mass is 79.9. The van der Waals surface area contributed by atoms with Gasteiger partial charge in [0, 0.05) is 28.6 Å². The number of nitrogens with one attached hydrogen (secondary N) is 2. The number of ether oxygens (including phenoxy) is 1. The summed E-state index contributed by atoms with van der Waals surface area (Å²) in [7, 11) is 0. The minimum absolute atomic E-state index is 0.0329. The molecule has 0 aliphatic carbocycles. The van der Waals surface area contributed by atoms with Crippen LogP contribution in [-0.4, -0.2) is 18.0 Å². The van der Waals surface area contributed by atoms with Gasteiger partial charge in [0.1, 0.15) is 12.4 Å². The molecule has 0 saturated carbocycles. The normalized spacial score (nSPS) is 10.7. The molecule has 164 valence electrons. The van der Waals surface area contributed by atoms with E-state index in [-0.39, 0.29) is 24.7 Å².